The zero-order valence-corrected chi connectivity index (χ0v) is 12.7. The van der Waals surface area contributed by atoms with Crippen LogP contribution in [0.3, 0.4) is 0 Å². The molecule has 0 spiro atoms. The van der Waals surface area contributed by atoms with Crippen molar-refractivity contribution >= 4 is 23.5 Å². The summed E-state index contributed by atoms with van der Waals surface area (Å²) < 4.78 is 5.02. The molecule has 0 atom stereocenters. The van der Waals surface area contributed by atoms with Gasteiger partial charge in [0.05, 0.1) is 0 Å². The first-order valence-corrected chi connectivity index (χ1v) is 7.57. The van der Waals surface area contributed by atoms with E-state index in [-0.39, 0.29) is 5.28 Å². The highest BCUT2D eigenvalue weighted by Gasteiger charge is 2.16. The van der Waals surface area contributed by atoms with E-state index < -0.39 is 0 Å². The molecule has 1 aliphatic rings. The number of hydrogen-bond acceptors (Lipinski definition) is 6. The third kappa shape index (κ3) is 4.76. The second-order valence-corrected chi connectivity index (χ2v) is 5.24. The Morgan fingerprint density at radius 1 is 1.15 bits per heavy atom. The zero-order valence-electron chi connectivity index (χ0n) is 11.9. The summed E-state index contributed by atoms with van der Waals surface area (Å²) in [6, 6.07) is 0. The van der Waals surface area contributed by atoms with Gasteiger partial charge in [0, 0.05) is 33.4 Å². The first-order chi connectivity index (χ1) is 9.79. The summed E-state index contributed by atoms with van der Waals surface area (Å²) >= 11 is 5.96. The van der Waals surface area contributed by atoms with Crippen LogP contribution in [0.4, 0.5) is 11.9 Å². The lowest BCUT2D eigenvalue weighted by molar-refractivity contribution is 0.192. The molecule has 2 rings (SSSR count). The monoisotopic (exact) mass is 299 g/mol. The molecule has 1 aromatic rings. The van der Waals surface area contributed by atoms with Crippen LogP contribution in [0.1, 0.15) is 32.1 Å². The van der Waals surface area contributed by atoms with Crippen LogP contribution in [-0.2, 0) is 4.74 Å². The zero-order chi connectivity index (χ0) is 14.2. The summed E-state index contributed by atoms with van der Waals surface area (Å²) in [4.78, 5) is 14.9. The van der Waals surface area contributed by atoms with E-state index in [4.69, 9.17) is 16.3 Å². The number of nitrogens with one attached hydrogen (secondary N) is 1. The highest BCUT2D eigenvalue weighted by Crippen LogP contribution is 2.18. The Morgan fingerprint density at radius 3 is 2.70 bits per heavy atom. The van der Waals surface area contributed by atoms with E-state index in [0.717, 1.165) is 45.5 Å². The second-order valence-electron chi connectivity index (χ2n) is 4.90. The van der Waals surface area contributed by atoms with Gasteiger partial charge in [-0.2, -0.15) is 15.0 Å². The van der Waals surface area contributed by atoms with Gasteiger partial charge in [0.2, 0.25) is 17.2 Å². The predicted octanol–water partition coefficient (Wildman–Crippen LogP) is 2.35. The van der Waals surface area contributed by atoms with Gasteiger partial charge in [0.25, 0.3) is 0 Å². The lowest BCUT2D eigenvalue weighted by Gasteiger charge is -2.15. The number of methoxy groups -OCH3 is 1. The molecule has 1 aromatic heterocycles. The summed E-state index contributed by atoms with van der Waals surface area (Å²) in [5.41, 5.74) is 0. The Labute approximate surface area is 124 Å². The Balaban J connectivity index is 1.81. The molecular weight excluding hydrogens is 278 g/mol. The van der Waals surface area contributed by atoms with E-state index in [2.05, 4.69) is 25.2 Å². The van der Waals surface area contributed by atoms with Crippen molar-refractivity contribution in [3.05, 3.63) is 5.28 Å². The molecular formula is C13H22ClN5O. The van der Waals surface area contributed by atoms with Crippen LogP contribution in [0.5, 0.6) is 0 Å². The second kappa shape index (κ2) is 8.21. The average molecular weight is 300 g/mol. The van der Waals surface area contributed by atoms with Crippen molar-refractivity contribution < 1.29 is 4.74 Å². The summed E-state index contributed by atoms with van der Waals surface area (Å²) in [6.07, 6.45) is 5.64. The quantitative estimate of drug-likeness (QED) is 0.744. The topological polar surface area (TPSA) is 63.2 Å². The number of halogens is 1. The Kier molecular flexibility index (Phi) is 6.26. The summed E-state index contributed by atoms with van der Waals surface area (Å²) in [7, 11) is 1.73. The normalized spacial score (nSPS) is 14.8. The maximum absolute atomic E-state index is 5.96. The molecule has 20 heavy (non-hydrogen) atoms. The largest absolute Gasteiger partial charge is 0.385 e. The van der Waals surface area contributed by atoms with Gasteiger partial charge in [-0.3, -0.25) is 0 Å². The molecule has 1 N–H and O–H groups in total. The standard InChI is InChI=1S/C13H22ClN5O/c1-20-10-6-2-3-7-15-12-16-11(14)17-13(18-12)19-8-4-5-9-19/h2-10H2,1H3,(H,15,16,17,18). The molecule has 0 radical (unpaired) electrons. The smallest absolute Gasteiger partial charge is 0.231 e. The summed E-state index contributed by atoms with van der Waals surface area (Å²) in [6.45, 7) is 3.65. The fourth-order valence-corrected chi connectivity index (χ4v) is 2.38. The number of anilines is 2. The van der Waals surface area contributed by atoms with Gasteiger partial charge in [-0.25, -0.2) is 0 Å². The number of aromatic nitrogens is 3. The summed E-state index contributed by atoms with van der Waals surface area (Å²) in [5, 5.41) is 3.47. The minimum atomic E-state index is 0.254. The Hall–Kier alpha value is -1.14. The summed E-state index contributed by atoms with van der Waals surface area (Å²) in [5.74, 6) is 1.25. The molecule has 1 aliphatic heterocycles. The van der Waals surface area contributed by atoms with E-state index >= 15 is 0 Å². The van der Waals surface area contributed by atoms with Gasteiger partial charge in [-0.15, -0.1) is 0 Å². The Bertz CT molecular complexity index is 412. The maximum Gasteiger partial charge on any atom is 0.231 e. The molecule has 1 fully saturated rings. The van der Waals surface area contributed by atoms with Gasteiger partial charge in [0.15, 0.2) is 0 Å². The molecule has 7 heteroatoms. The average Bonchev–Trinajstić information content (AvgIpc) is 2.96. The molecule has 1 saturated heterocycles. The molecule has 0 unspecified atom stereocenters. The molecule has 6 nitrogen and oxygen atoms in total. The van der Waals surface area contributed by atoms with Crippen molar-refractivity contribution in [1.29, 1.82) is 0 Å². The van der Waals surface area contributed by atoms with Crippen molar-refractivity contribution in [2.24, 2.45) is 0 Å². The SMILES string of the molecule is COCCCCCNc1nc(Cl)nc(N2CCCC2)n1. The predicted molar refractivity (Wildman–Crippen MR) is 80.5 cm³/mol. The molecule has 0 saturated carbocycles. The lowest BCUT2D eigenvalue weighted by Crippen LogP contribution is -2.21. The van der Waals surface area contributed by atoms with Gasteiger partial charge in [-0.1, -0.05) is 0 Å². The fraction of sp³-hybridized carbons (Fsp3) is 0.769. The third-order valence-corrected chi connectivity index (χ3v) is 3.46. The van der Waals surface area contributed by atoms with E-state index in [9.17, 15) is 0 Å². The molecule has 2 heterocycles. The third-order valence-electron chi connectivity index (χ3n) is 3.29. The van der Waals surface area contributed by atoms with Crippen LogP contribution >= 0.6 is 11.6 Å². The first-order valence-electron chi connectivity index (χ1n) is 7.19. The van der Waals surface area contributed by atoms with Crippen LogP contribution in [0.2, 0.25) is 5.28 Å². The highest BCUT2D eigenvalue weighted by molar-refractivity contribution is 6.28. The lowest BCUT2D eigenvalue weighted by atomic mass is 10.2. The van der Waals surface area contributed by atoms with Crippen LogP contribution in [0, 0.1) is 0 Å². The van der Waals surface area contributed by atoms with Crippen molar-refractivity contribution in [2.45, 2.75) is 32.1 Å². The van der Waals surface area contributed by atoms with E-state index in [0.29, 0.717) is 11.9 Å². The number of unbranched alkanes of at least 4 members (excludes halogenated alkanes) is 2. The van der Waals surface area contributed by atoms with Crippen LogP contribution in [0.15, 0.2) is 0 Å². The number of ether oxygens (including phenoxy) is 1. The number of nitrogens with zero attached hydrogens (tertiary/aromatic N) is 4. The van der Waals surface area contributed by atoms with E-state index in [1.54, 1.807) is 7.11 Å². The van der Waals surface area contributed by atoms with Crippen LogP contribution in [0.25, 0.3) is 0 Å². The first kappa shape index (κ1) is 15.3. The molecule has 0 bridgehead atoms. The van der Waals surface area contributed by atoms with E-state index in [1.165, 1.54) is 12.8 Å². The van der Waals surface area contributed by atoms with Gasteiger partial charge in [-0.05, 0) is 43.7 Å². The minimum absolute atomic E-state index is 0.254. The number of rotatable bonds is 8. The van der Waals surface area contributed by atoms with Crippen molar-refractivity contribution in [3.8, 4) is 0 Å². The van der Waals surface area contributed by atoms with Crippen molar-refractivity contribution in [3.63, 3.8) is 0 Å². The molecule has 0 amide bonds. The molecule has 0 aromatic carbocycles. The minimum Gasteiger partial charge on any atom is -0.385 e. The van der Waals surface area contributed by atoms with Crippen LogP contribution < -0.4 is 10.2 Å². The maximum atomic E-state index is 5.96. The van der Waals surface area contributed by atoms with Crippen molar-refractivity contribution in [2.75, 3.05) is 43.6 Å². The molecule has 112 valence electrons. The van der Waals surface area contributed by atoms with Gasteiger partial charge in [0.1, 0.15) is 0 Å². The number of hydrogen-bond donors (Lipinski definition) is 1. The fourth-order valence-electron chi connectivity index (χ4n) is 2.23. The van der Waals surface area contributed by atoms with Crippen molar-refractivity contribution in [1.82, 2.24) is 15.0 Å². The molecule has 0 aliphatic carbocycles. The van der Waals surface area contributed by atoms with E-state index in [1.807, 2.05) is 0 Å². The van der Waals surface area contributed by atoms with Gasteiger partial charge < -0.3 is 15.0 Å². The Morgan fingerprint density at radius 2 is 1.95 bits per heavy atom. The van der Waals surface area contributed by atoms with Crippen LogP contribution in [-0.4, -0.2) is 48.3 Å². The van der Waals surface area contributed by atoms with Gasteiger partial charge >= 0.3 is 0 Å². The highest BCUT2D eigenvalue weighted by atomic mass is 35.5.